The third-order valence-electron chi connectivity index (χ3n) is 5.46. The monoisotopic (exact) mass is 364 g/mol. The Morgan fingerprint density at radius 3 is 2.56 bits per heavy atom. The van der Waals surface area contributed by atoms with Crippen molar-refractivity contribution in [2.24, 2.45) is 11.7 Å². The molecule has 2 N–H and O–H groups in total. The fraction of sp³-hybridized carbons (Fsp3) is 0.789. The van der Waals surface area contributed by atoms with Crippen LogP contribution in [-0.2, 0) is 16.8 Å². The van der Waals surface area contributed by atoms with E-state index in [0.29, 0.717) is 18.2 Å². The standard InChI is InChI=1S/C19H32N4OS/c1-19(2,3)18-21-15(13-25-18)12-22-7-9-23(10-8-22)17(24)11-14-5-4-6-16(14)20/h13-14,16H,4-12,20H2,1-3H3/t14-,16+/m0/s1. The van der Waals surface area contributed by atoms with Crippen LogP contribution in [0.1, 0.15) is 57.2 Å². The Morgan fingerprint density at radius 1 is 1.28 bits per heavy atom. The fourth-order valence-electron chi connectivity index (χ4n) is 3.78. The van der Waals surface area contributed by atoms with Gasteiger partial charge in [0.25, 0.3) is 0 Å². The zero-order valence-corrected chi connectivity index (χ0v) is 16.6. The molecule has 25 heavy (non-hydrogen) atoms. The third kappa shape index (κ3) is 4.80. The lowest BCUT2D eigenvalue weighted by Gasteiger charge is -2.35. The van der Waals surface area contributed by atoms with Gasteiger partial charge in [-0.3, -0.25) is 9.69 Å². The highest BCUT2D eigenvalue weighted by atomic mass is 32.1. The summed E-state index contributed by atoms with van der Waals surface area (Å²) in [4.78, 5) is 21.7. The van der Waals surface area contributed by atoms with Gasteiger partial charge in [0.15, 0.2) is 0 Å². The Kier molecular flexibility index (Phi) is 5.81. The van der Waals surface area contributed by atoms with Crippen molar-refractivity contribution in [2.75, 3.05) is 26.2 Å². The summed E-state index contributed by atoms with van der Waals surface area (Å²) in [6.45, 7) is 11.0. The van der Waals surface area contributed by atoms with Crippen molar-refractivity contribution in [3.63, 3.8) is 0 Å². The molecule has 5 nitrogen and oxygen atoms in total. The molecule has 1 saturated carbocycles. The predicted molar refractivity (Wildman–Crippen MR) is 103 cm³/mol. The number of amides is 1. The molecule has 0 radical (unpaired) electrons. The Labute approximate surface area is 155 Å². The first-order chi connectivity index (χ1) is 11.8. The van der Waals surface area contributed by atoms with Crippen molar-refractivity contribution < 1.29 is 4.79 Å². The van der Waals surface area contributed by atoms with Crippen molar-refractivity contribution in [1.82, 2.24) is 14.8 Å². The zero-order valence-electron chi connectivity index (χ0n) is 15.8. The van der Waals surface area contributed by atoms with Gasteiger partial charge in [-0.15, -0.1) is 11.3 Å². The lowest BCUT2D eigenvalue weighted by molar-refractivity contribution is -0.134. The zero-order chi connectivity index (χ0) is 18.0. The van der Waals surface area contributed by atoms with Gasteiger partial charge in [-0.2, -0.15) is 0 Å². The summed E-state index contributed by atoms with van der Waals surface area (Å²) in [5.74, 6) is 0.696. The highest BCUT2D eigenvalue weighted by Gasteiger charge is 2.29. The van der Waals surface area contributed by atoms with Crippen molar-refractivity contribution in [3.8, 4) is 0 Å². The molecule has 2 heterocycles. The van der Waals surface area contributed by atoms with Crippen LogP contribution in [0.25, 0.3) is 0 Å². The molecule has 6 heteroatoms. The van der Waals surface area contributed by atoms with E-state index in [4.69, 9.17) is 10.7 Å². The topological polar surface area (TPSA) is 62.5 Å². The van der Waals surface area contributed by atoms with Gasteiger partial charge in [0.05, 0.1) is 10.7 Å². The van der Waals surface area contributed by atoms with Crippen LogP contribution in [0, 0.1) is 5.92 Å². The van der Waals surface area contributed by atoms with Crippen LogP contribution in [0.3, 0.4) is 0 Å². The molecule has 0 bridgehead atoms. The molecule has 2 aliphatic rings. The van der Waals surface area contributed by atoms with E-state index in [0.717, 1.165) is 51.3 Å². The predicted octanol–water partition coefficient (Wildman–Crippen LogP) is 2.60. The minimum Gasteiger partial charge on any atom is -0.340 e. The molecule has 1 aromatic heterocycles. The highest BCUT2D eigenvalue weighted by Crippen LogP contribution is 2.28. The number of nitrogens with zero attached hydrogens (tertiary/aromatic N) is 3. The van der Waals surface area contributed by atoms with Crippen LogP contribution in [-0.4, -0.2) is 52.9 Å². The summed E-state index contributed by atoms with van der Waals surface area (Å²) in [6.07, 6.45) is 4.02. The number of thiazole rings is 1. The largest absolute Gasteiger partial charge is 0.340 e. The second-order valence-corrected chi connectivity index (χ2v) is 9.47. The number of carbonyl (C=O) groups is 1. The minimum absolute atomic E-state index is 0.120. The van der Waals surface area contributed by atoms with Gasteiger partial charge in [0, 0.05) is 56.0 Å². The van der Waals surface area contributed by atoms with E-state index in [1.54, 1.807) is 11.3 Å². The Hall–Kier alpha value is -0.980. The first-order valence-corrected chi connectivity index (χ1v) is 10.4. The summed E-state index contributed by atoms with van der Waals surface area (Å²) in [6, 6.07) is 0.229. The molecule has 1 aliphatic carbocycles. The summed E-state index contributed by atoms with van der Waals surface area (Å²) in [5.41, 5.74) is 7.39. The van der Waals surface area contributed by atoms with E-state index < -0.39 is 0 Å². The van der Waals surface area contributed by atoms with Gasteiger partial charge in [-0.25, -0.2) is 4.98 Å². The summed E-state index contributed by atoms with van der Waals surface area (Å²) in [5, 5.41) is 3.38. The average Bonchev–Trinajstić information content (AvgIpc) is 3.17. The number of aromatic nitrogens is 1. The normalized spacial score (nSPS) is 25.5. The molecule has 2 fully saturated rings. The summed E-state index contributed by atoms with van der Waals surface area (Å²) in [7, 11) is 0. The van der Waals surface area contributed by atoms with Crippen molar-refractivity contribution in [3.05, 3.63) is 16.1 Å². The quantitative estimate of drug-likeness (QED) is 0.892. The van der Waals surface area contributed by atoms with Gasteiger partial charge in [0.1, 0.15) is 0 Å². The highest BCUT2D eigenvalue weighted by molar-refractivity contribution is 7.09. The molecular formula is C19H32N4OS. The van der Waals surface area contributed by atoms with E-state index in [1.807, 2.05) is 4.90 Å². The van der Waals surface area contributed by atoms with Gasteiger partial charge in [-0.05, 0) is 18.8 Å². The van der Waals surface area contributed by atoms with E-state index in [9.17, 15) is 4.79 Å². The number of carbonyl (C=O) groups excluding carboxylic acids is 1. The Balaban J connectivity index is 1.45. The lowest BCUT2D eigenvalue weighted by Crippen LogP contribution is -2.49. The van der Waals surface area contributed by atoms with Crippen LogP contribution >= 0.6 is 11.3 Å². The molecule has 3 rings (SSSR count). The first-order valence-electron chi connectivity index (χ1n) is 9.53. The molecule has 140 valence electrons. The molecule has 0 unspecified atom stereocenters. The molecular weight excluding hydrogens is 332 g/mol. The first kappa shape index (κ1) is 18.8. The van der Waals surface area contributed by atoms with E-state index in [2.05, 4.69) is 31.1 Å². The smallest absolute Gasteiger partial charge is 0.222 e. The molecule has 1 aromatic rings. The maximum Gasteiger partial charge on any atom is 0.222 e. The minimum atomic E-state index is 0.120. The molecule has 1 saturated heterocycles. The maximum absolute atomic E-state index is 12.5. The van der Waals surface area contributed by atoms with Crippen molar-refractivity contribution in [1.29, 1.82) is 0 Å². The number of piperazine rings is 1. The summed E-state index contributed by atoms with van der Waals surface area (Å²) >= 11 is 1.75. The summed E-state index contributed by atoms with van der Waals surface area (Å²) < 4.78 is 0. The lowest BCUT2D eigenvalue weighted by atomic mass is 9.98. The third-order valence-corrected chi connectivity index (χ3v) is 6.78. The van der Waals surface area contributed by atoms with Crippen LogP contribution in [0.2, 0.25) is 0 Å². The number of hydrogen-bond donors (Lipinski definition) is 1. The van der Waals surface area contributed by atoms with Gasteiger partial charge in [0.2, 0.25) is 5.91 Å². The van der Waals surface area contributed by atoms with Crippen LogP contribution in [0.15, 0.2) is 5.38 Å². The maximum atomic E-state index is 12.5. The molecule has 1 amide bonds. The second kappa shape index (κ2) is 7.72. The second-order valence-electron chi connectivity index (χ2n) is 8.61. The average molecular weight is 365 g/mol. The fourth-order valence-corrected chi connectivity index (χ4v) is 4.68. The van der Waals surface area contributed by atoms with E-state index in [-0.39, 0.29) is 11.5 Å². The number of rotatable bonds is 4. The van der Waals surface area contributed by atoms with Crippen molar-refractivity contribution >= 4 is 17.2 Å². The van der Waals surface area contributed by atoms with Crippen LogP contribution in [0.5, 0.6) is 0 Å². The Morgan fingerprint density at radius 2 is 2.00 bits per heavy atom. The van der Waals surface area contributed by atoms with E-state index >= 15 is 0 Å². The molecule has 1 aliphatic heterocycles. The van der Waals surface area contributed by atoms with E-state index in [1.165, 1.54) is 11.4 Å². The van der Waals surface area contributed by atoms with Gasteiger partial charge >= 0.3 is 0 Å². The Bertz CT molecular complexity index is 586. The van der Waals surface area contributed by atoms with Gasteiger partial charge < -0.3 is 10.6 Å². The van der Waals surface area contributed by atoms with Crippen LogP contribution < -0.4 is 5.73 Å². The number of hydrogen-bond acceptors (Lipinski definition) is 5. The molecule has 2 atom stereocenters. The van der Waals surface area contributed by atoms with Crippen molar-refractivity contribution in [2.45, 2.75) is 64.5 Å². The molecule has 0 spiro atoms. The van der Waals surface area contributed by atoms with Gasteiger partial charge in [-0.1, -0.05) is 27.2 Å². The molecule has 0 aromatic carbocycles. The van der Waals surface area contributed by atoms with Crippen LogP contribution in [0.4, 0.5) is 0 Å². The number of nitrogens with two attached hydrogens (primary N) is 1. The SMILES string of the molecule is CC(C)(C)c1nc(CN2CCN(C(=O)C[C@@H]3CCC[C@H]3N)CC2)cs1.